The van der Waals surface area contributed by atoms with Crippen LogP contribution in [0.2, 0.25) is 5.02 Å². The van der Waals surface area contributed by atoms with E-state index in [-0.39, 0.29) is 17.7 Å². The summed E-state index contributed by atoms with van der Waals surface area (Å²) in [4.78, 5) is 15.3. The predicted molar refractivity (Wildman–Crippen MR) is 130 cm³/mol. The molecule has 33 heavy (non-hydrogen) atoms. The summed E-state index contributed by atoms with van der Waals surface area (Å²) in [5.74, 6) is 0.817. The number of phenolic OH excluding ortho intramolecular Hbond substituents is 1. The molecule has 1 aliphatic heterocycles. The van der Waals surface area contributed by atoms with E-state index in [1.807, 2.05) is 36.1 Å². The van der Waals surface area contributed by atoms with E-state index in [2.05, 4.69) is 24.0 Å². The van der Waals surface area contributed by atoms with Gasteiger partial charge in [0, 0.05) is 22.7 Å². The van der Waals surface area contributed by atoms with Gasteiger partial charge in [-0.25, -0.2) is 0 Å². The van der Waals surface area contributed by atoms with E-state index in [9.17, 15) is 9.90 Å². The van der Waals surface area contributed by atoms with Gasteiger partial charge in [0.05, 0.1) is 12.6 Å². The first-order chi connectivity index (χ1) is 16.0. The number of aryl methyl sites for hydroxylation is 1. The van der Waals surface area contributed by atoms with Crippen molar-refractivity contribution in [1.29, 1.82) is 0 Å². The summed E-state index contributed by atoms with van der Waals surface area (Å²) in [6.07, 6.45) is 3.98. The van der Waals surface area contributed by atoms with Crippen molar-refractivity contribution >= 4 is 17.5 Å². The second-order valence-corrected chi connectivity index (χ2v) is 8.91. The Balaban J connectivity index is 1.79. The minimum Gasteiger partial charge on any atom is -0.507 e. The number of rotatable bonds is 9. The molecule has 7 heteroatoms. The number of carbonyl (C=O) groups is 1. The zero-order valence-electron chi connectivity index (χ0n) is 19.3. The van der Waals surface area contributed by atoms with Gasteiger partial charge in [-0.3, -0.25) is 9.89 Å². The first-order valence-corrected chi connectivity index (χ1v) is 12.0. The number of carbonyl (C=O) groups excluding carboxylic acids is 1. The van der Waals surface area contributed by atoms with Crippen LogP contribution in [-0.4, -0.2) is 39.3 Å². The smallest absolute Gasteiger partial charge is 0.273 e. The van der Waals surface area contributed by atoms with E-state index in [0.29, 0.717) is 35.1 Å². The molecule has 3 aromatic rings. The van der Waals surface area contributed by atoms with E-state index < -0.39 is 0 Å². The Kier molecular flexibility index (Phi) is 6.94. The summed E-state index contributed by atoms with van der Waals surface area (Å²) >= 11 is 6.37. The third-order valence-electron chi connectivity index (χ3n) is 6.07. The quantitative estimate of drug-likeness (QED) is 0.363. The van der Waals surface area contributed by atoms with Crippen LogP contribution < -0.4 is 4.74 Å². The Labute approximate surface area is 199 Å². The van der Waals surface area contributed by atoms with Crippen LogP contribution in [0.15, 0.2) is 36.4 Å². The van der Waals surface area contributed by atoms with E-state index in [1.165, 1.54) is 0 Å². The van der Waals surface area contributed by atoms with Crippen LogP contribution in [0.4, 0.5) is 0 Å². The molecule has 0 radical (unpaired) electrons. The van der Waals surface area contributed by atoms with Crippen LogP contribution in [0.1, 0.15) is 72.8 Å². The lowest BCUT2D eigenvalue weighted by atomic mass is 9.95. The summed E-state index contributed by atoms with van der Waals surface area (Å²) in [7, 11) is 0. The molecule has 2 N–H and O–H groups in total. The molecule has 0 spiro atoms. The number of unbranched alkanes of at least 4 members (excludes halogenated alkanes) is 2. The van der Waals surface area contributed by atoms with Gasteiger partial charge in [-0.05, 0) is 55.2 Å². The molecule has 2 heterocycles. The first-order valence-electron chi connectivity index (χ1n) is 11.6. The van der Waals surface area contributed by atoms with Gasteiger partial charge in [-0.15, -0.1) is 0 Å². The summed E-state index contributed by atoms with van der Waals surface area (Å²) in [6.45, 7) is 7.36. The van der Waals surface area contributed by atoms with Crippen molar-refractivity contribution in [2.45, 2.75) is 52.5 Å². The number of nitrogens with zero attached hydrogens (tertiary/aromatic N) is 2. The average molecular weight is 468 g/mol. The van der Waals surface area contributed by atoms with Gasteiger partial charge >= 0.3 is 0 Å². The number of aromatic hydroxyl groups is 1. The summed E-state index contributed by atoms with van der Waals surface area (Å²) < 4.78 is 5.74. The highest BCUT2D eigenvalue weighted by molar-refractivity contribution is 6.31. The lowest BCUT2D eigenvalue weighted by Crippen LogP contribution is -2.30. The molecule has 1 unspecified atom stereocenters. The largest absolute Gasteiger partial charge is 0.507 e. The van der Waals surface area contributed by atoms with Crippen molar-refractivity contribution in [2.24, 2.45) is 0 Å². The van der Waals surface area contributed by atoms with Crippen LogP contribution in [0.25, 0.3) is 11.3 Å². The fourth-order valence-corrected chi connectivity index (χ4v) is 4.50. The van der Waals surface area contributed by atoms with Gasteiger partial charge in [0.1, 0.15) is 22.9 Å². The topological polar surface area (TPSA) is 78.5 Å². The molecule has 1 aromatic heterocycles. The Bertz CT molecular complexity index is 1140. The molecule has 1 amide bonds. The number of hydrogen-bond donors (Lipinski definition) is 2. The maximum absolute atomic E-state index is 13.4. The van der Waals surface area contributed by atoms with Crippen molar-refractivity contribution < 1.29 is 14.6 Å². The monoisotopic (exact) mass is 467 g/mol. The molecule has 4 rings (SSSR count). The summed E-state index contributed by atoms with van der Waals surface area (Å²) in [6, 6.07) is 10.9. The molecule has 2 aromatic carbocycles. The highest BCUT2D eigenvalue weighted by Crippen LogP contribution is 2.45. The normalized spacial score (nSPS) is 15.2. The molecule has 0 saturated carbocycles. The minimum atomic E-state index is -0.308. The number of nitrogens with one attached hydrogen (secondary N) is 1. The minimum absolute atomic E-state index is 0.0751. The number of hydrogen-bond acceptors (Lipinski definition) is 4. The number of benzene rings is 2. The molecule has 1 aliphatic rings. The van der Waals surface area contributed by atoms with Crippen molar-refractivity contribution in [1.82, 2.24) is 15.1 Å². The van der Waals surface area contributed by atoms with Crippen molar-refractivity contribution in [3.05, 3.63) is 63.8 Å². The number of amides is 1. The Morgan fingerprint density at radius 2 is 1.91 bits per heavy atom. The van der Waals surface area contributed by atoms with Gasteiger partial charge in [-0.1, -0.05) is 50.4 Å². The number of halogens is 1. The highest BCUT2D eigenvalue weighted by Gasteiger charge is 2.42. The number of aromatic nitrogens is 2. The molecule has 0 saturated heterocycles. The maximum atomic E-state index is 13.4. The average Bonchev–Trinajstić information content (AvgIpc) is 3.34. The van der Waals surface area contributed by atoms with Crippen molar-refractivity contribution in [2.75, 3.05) is 13.2 Å². The van der Waals surface area contributed by atoms with Crippen LogP contribution >= 0.6 is 11.6 Å². The Morgan fingerprint density at radius 3 is 2.61 bits per heavy atom. The number of phenols is 1. The Morgan fingerprint density at radius 1 is 1.15 bits per heavy atom. The number of H-pyrrole nitrogens is 1. The van der Waals surface area contributed by atoms with E-state index in [1.54, 1.807) is 12.1 Å². The Hall–Kier alpha value is -2.99. The van der Waals surface area contributed by atoms with Gasteiger partial charge in [0.25, 0.3) is 5.91 Å². The second kappa shape index (κ2) is 9.87. The lowest BCUT2D eigenvalue weighted by Gasteiger charge is -2.26. The fraction of sp³-hybridized carbons (Fsp3) is 0.385. The molecule has 174 valence electrons. The molecule has 0 fully saturated rings. The second-order valence-electron chi connectivity index (χ2n) is 8.51. The standard InChI is InChI=1S/C26H30ClN3O3/c1-4-6-7-12-30-25(17-8-10-18(11-9-17)33-13-5-2)22-23(28-29-24(22)26(30)32)19-15-20(27)16(3)14-21(19)31/h8-11,14-15,25,31H,4-7,12-13H2,1-3H3,(H,28,29). The third-order valence-corrected chi connectivity index (χ3v) is 6.47. The maximum Gasteiger partial charge on any atom is 0.273 e. The van der Waals surface area contributed by atoms with Crippen LogP contribution in [-0.2, 0) is 0 Å². The van der Waals surface area contributed by atoms with Crippen molar-refractivity contribution in [3.63, 3.8) is 0 Å². The van der Waals surface area contributed by atoms with Gasteiger partial charge in [0.2, 0.25) is 0 Å². The van der Waals surface area contributed by atoms with Gasteiger partial charge < -0.3 is 14.7 Å². The number of fused-ring (bicyclic) bond motifs is 1. The molecule has 0 aliphatic carbocycles. The van der Waals surface area contributed by atoms with Crippen LogP contribution in [0.3, 0.4) is 0 Å². The number of ether oxygens (including phenoxy) is 1. The zero-order chi connectivity index (χ0) is 23.5. The molecule has 6 nitrogen and oxygen atoms in total. The van der Waals surface area contributed by atoms with Crippen LogP contribution in [0.5, 0.6) is 11.5 Å². The zero-order valence-corrected chi connectivity index (χ0v) is 20.1. The SMILES string of the molecule is CCCCCN1C(=O)c2[nH]nc(-c3cc(Cl)c(C)cc3O)c2C1c1ccc(OCCC)cc1. The van der Waals surface area contributed by atoms with Crippen molar-refractivity contribution in [3.8, 4) is 22.8 Å². The molecular weight excluding hydrogens is 438 g/mol. The molecular formula is C26H30ClN3O3. The lowest BCUT2D eigenvalue weighted by molar-refractivity contribution is 0.0740. The first kappa shape index (κ1) is 23.2. The van der Waals surface area contributed by atoms with E-state index >= 15 is 0 Å². The van der Waals surface area contributed by atoms with Gasteiger partial charge in [-0.2, -0.15) is 5.10 Å². The fourth-order valence-electron chi connectivity index (χ4n) is 4.33. The van der Waals surface area contributed by atoms with Crippen LogP contribution in [0, 0.1) is 6.92 Å². The third kappa shape index (κ3) is 4.44. The predicted octanol–water partition coefficient (Wildman–Crippen LogP) is 6.27. The molecule has 0 bridgehead atoms. The number of aromatic amines is 1. The highest BCUT2D eigenvalue weighted by atomic mass is 35.5. The summed E-state index contributed by atoms with van der Waals surface area (Å²) in [5, 5.41) is 18.6. The summed E-state index contributed by atoms with van der Waals surface area (Å²) in [5.41, 5.74) is 4.05. The van der Waals surface area contributed by atoms with E-state index in [0.717, 1.165) is 48.1 Å². The molecule has 1 atom stereocenters. The van der Waals surface area contributed by atoms with E-state index in [4.69, 9.17) is 16.3 Å². The van der Waals surface area contributed by atoms with Gasteiger partial charge in [0.15, 0.2) is 0 Å².